The van der Waals surface area contributed by atoms with Crippen LogP contribution in [0.4, 0.5) is 0 Å². The van der Waals surface area contributed by atoms with Crippen LogP contribution in [0.3, 0.4) is 0 Å². The zero-order valence-corrected chi connectivity index (χ0v) is 18.9. The molecule has 0 fully saturated rings. The number of likely N-dealkylation sites (N-methyl/N-ethyl adjacent to an activating group) is 1. The molecule has 2 aromatic carbocycles. The number of hydrogen-bond donors (Lipinski definition) is 1. The van der Waals surface area contributed by atoms with Crippen molar-refractivity contribution in [2.75, 3.05) is 13.6 Å². The predicted octanol–water partition coefficient (Wildman–Crippen LogP) is 4.56. The van der Waals surface area contributed by atoms with Crippen molar-refractivity contribution in [1.82, 2.24) is 34.4 Å². The van der Waals surface area contributed by atoms with Crippen molar-refractivity contribution in [3.8, 4) is 11.4 Å². The molecule has 1 aliphatic rings. The summed E-state index contributed by atoms with van der Waals surface area (Å²) >= 11 is 0. The van der Waals surface area contributed by atoms with Gasteiger partial charge in [0.1, 0.15) is 5.52 Å². The molecule has 0 spiro atoms. The maximum absolute atomic E-state index is 4.94. The van der Waals surface area contributed by atoms with Gasteiger partial charge >= 0.3 is 0 Å². The maximum atomic E-state index is 4.94. The minimum atomic E-state index is 0.689. The fourth-order valence-corrected chi connectivity index (χ4v) is 5.02. The van der Waals surface area contributed by atoms with Gasteiger partial charge in [0.25, 0.3) is 0 Å². The van der Waals surface area contributed by atoms with E-state index in [9.17, 15) is 0 Å². The molecule has 0 saturated carbocycles. The molecular weight excluding hydrogens is 422 g/mol. The molecule has 0 radical (unpaired) electrons. The summed E-state index contributed by atoms with van der Waals surface area (Å²) in [5.74, 6) is 0.720. The van der Waals surface area contributed by atoms with Crippen molar-refractivity contribution in [1.29, 1.82) is 0 Å². The summed E-state index contributed by atoms with van der Waals surface area (Å²) in [6.07, 6.45) is 6.55. The lowest BCUT2D eigenvalue weighted by Crippen LogP contribution is -2.25. The normalized spacial score (nSPS) is 14.3. The van der Waals surface area contributed by atoms with Crippen LogP contribution >= 0.6 is 0 Å². The highest BCUT2D eigenvalue weighted by Gasteiger charge is 2.19. The third kappa shape index (κ3) is 3.16. The summed E-state index contributed by atoms with van der Waals surface area (Å²) in [6, 6.07) is 16.9. The Balaban J connectivity index is 1.28. The molecule has 4 aromatic heterocycles. The van der Waals surface area contributed by atoms with Crippen LogP contribution in [0, 0.1) is 0 Å². The van der Waals surface area contributed by atoms with E-state index >= 15 is 0 Å². The Bertz CT molecular complexity index is 1690. The molecule has 1 N–H and O–H groups in total. The van der Waals surface area contributed by atoms with Crippen molar-refractivity contribution in [2.45, 2.75) is 19.5 Å². The second-order valence-corrected chi connectivity index (χ2v) is 9.14. The summed E-state index contributed by atoms with van der Waals surface area (Å²) < 4.78 is 2.09. The molecule has 1 aliphatic heterocycles. The minimum Gasteiger partial charge on any atom is -0.358 e. The molecular formula is C27H23N7. The van der Waals surface area contributed by atoms with Gasteiger partial charge in [-0.15, -0.1) is 0 Å². The first-order valence-electron chi connectivity index (χ1n) is 11.6. The Morgan fingerprint density at radius 2 is 1.97 bits per heavy atom. The number of nitrogens with zero attached hydrogens (tertiary/aromatic N) is 6. The summed E-state index contributed by atoms with van der Waals surface area (Å²) in [5.41, 5.74) is 8.77. The standard InChI is InChI=1S/C27H23N7/c1-33-10-8-24-21(15-33)20-12-19(5-7-23(20)31-24)26-29-13-25-27(32-26)34(16-30-25)14-17-4-6-22-18(11-17)3-2-9-28-22/h2-7,9,11-13,16,31H,8,10,14-15H2,1H3. The molecule has 34 heavy (non-hydrogen) atoms. The minimum absolute atomic E-state index is 0.689. The SMILES string of the molecule is CN1CCc2[nH]c3ccc(-c4ncc5ncn(Cc6ccc7ncccc7c6)c5n4)cc3c2C1. The van der Waals surface area contributed by atoms with Crippen LogP contribution in [0.25, 0.3) is 44.4 Å². The third-order valence-electron chi connectivity index (χ3n) is 6.80. The smallest absolute Gasteiger partial charge is 0.164 e. The van der Waals surface area contributed by atoms with Gasteiger partial charge in [0, 0.05) is 53.3 Å². The summed E-state index contributed by atoms with van der Waals surface area (Å²) in [7, 11) is 2.18. The molecule has 0 bridgehead atoms. The topological polar surface area (TPSA) is 75.5 Å². The Kier molecular flexibility index (Phi) is 4.25. The van der Waals surface area contributed by atoms with Gasteiger partial charge in [0.2, 0.25) is 0 Å². The number of aromatic amines is 1. The van der Waals surface area contributed by atoms with Crippen LogP contribution in [0.1, 0.15) is 16.8 Å². The fourth-order valence-electron chi connectivity index (χ4n) is 5.02. The molecule has 5 heterocycles. The number of pyridine rings is 1. The second-order valence-electron chi connectivity index (χ2n) is 9.14. The molecule has 0 unspecified atom stereocenters. The van der Waals surface area contributed by atoms with Crippen molar-refractivity contribution in [3.63, 3.8) is 0 Å². The maximum Gasteiger partial charge on any atom is 0.164 e. The van der Waals surface area contributed by atoms with Crippen LogP contribution in [-0.4, -0.2) is 48.0 Å². The second kappa shape index (κ2) is 7.46. The van der Waals surface area contributed by atoms with Crippen LogP contribution in [0.2, 0.25) is 0 Å². The lowest BCUT2D eigenvalue weighted by atomic mass is 10.0. The number of imidazole rings is 1. The Labute approximate surface area is 196 Å². The van der Waals surface area contributed by atoms with Crippen LogP contribution in [-0.2, 0) is 19.5 Å². The van der Waals surface area contributed by atoms with Crippen molar-refractivity contribution < 1.29 is 0 Å². The van der Waals surface area contributed by atoms with Crippen LogP contribution in [0.5, 0.6) is 0 Å². The average molecular weight is 446 g/mol. The van der Waals surface area contributed by atoms with Gasteiger partial charge in [0.05, 0.1) is 24.6 Å². The predicted molar refractivity (Wildman–Crippen MR) is 133 cm³/mol. The van der Waals surface area contributed by atoms with E-state index in [2.05, 4.69) is 78.9 Å². The molecule has 6 aromatic rings. The molecule has 7 rings (SSSR count). The van der Waals surface area contributed by atoms with Gasteiger partial charge in [0.15, 0.2) is 11.5 Å². The number of nitrogens with one attached hydrogen (secondary N) is 1. The molecule has 166 valence electrons. The lowest BCUT2D eigenvalue weighted by Gasteiger charge is -2.22. The summed E-state index contributed by atoms with van der Waals surface area (Å²) in [5, 5.41) is 2.40. The molecule has 7 nitrogen and oxygen atoms in total. The summed E-state index contributed by atoms with van der Waals surface area (Å²) in [4.78, 5) is 24.5. The van der Waals surface area contributed by atoms with Gasteiger partial charge in [-0.3, -0.25) is 4.98 Å². The van der Waals surface area contributed by atoms with Crippen molar-refractivity contribution in [3.05, 3.63) is 84.1 Å². The summed E-state index contributed by atoms with van der Waals surface area (Å²) in [6.45, 7) is 2.74. The first-order valence-corrected chi connectivity index (χ1v) is 11.6. The number of benzene rings is 2. The van der Waals surface area contributed by atoms with Gasteiger partial charge in [-0.05, 0) is 54.6 Å². The Morgan fingerprint density at radius 1 is 1.00 bits per heavy atom. The molecule has 0 saturated heterocycles. The van der Waals surface area contributed by atoms with Gasteiger partial charge in [-0.1, -0.05) is 12.1 Å². The number of H-pyrrole nitrogens is 1. The highest BCUT2D eigenvalue weighted by atomic mass is 15.1. The quantitative estimate of drug-likeness (QED) is 0.432. The Hall–Kier alpha value is -4.10. The molecule has 0 aliphatic carbocycles. The largest absolute Gasteiger partial charge is 0.358 e. The third-order valence-corrected chi connectivity index (χ3v) is 6.80. The van der Waals surface area contributed by atoms with E-state index in [4.69, 9.17) is 4.98 Å². The lowest BCUT2D eigenvalue weighted by molar-refractivity contribution is 0.313. The molecule has 0 amide bonds. The van der Waals surface area contributed by atoms with E-state index in [-0.39, 0.29) is 0 Å². The van der Waals surface area contributed by atoms with Crippen LogP contribution in [0.15, 0.2) is 67.3 Å². The monoisotopic (exact) mass is 445 g/mol. The number of fused-ring (bicyclic) bond motifs is 5. The fraction of sp³-hybridized carbons (Fsp3) is 0.185. The highest BCUT2D eigenvalue weighted by molar-refractivity contribution is 5.89. The van der Waals surface area contributed by atoms with Crippen molar-refractivity contribution in [2.24, 2.45) is 0 Å². The number of aromatic nitrogens is 6. The van der Waals surface area contributed by atoms with E-state index in [0.717, 1.165) is 53.0 Å². The molecule has 7 heteroatoms. The average Bonchev–Trinajstić information content (AvgIpc) is 3.44. The van der Waals surface area contributed by atoms with Crippen LogP contribution < -0.4 is 0 Å². The molecule has 0 atom stereocenters. The van der Waals surface area contributed by atoms with Gasteiger partial charge in [-0.2, -0.15) is 0 Å². The van der Waals surface area contributed by atoms with Gasteiger partial charge in [-0.25, -0.2) is 15.0 Å². The van der Waals surface area contributed by atoms with E-state index in [0.29, 0.717) is 6.54 Å². The zero-order valence-electron chi connectivity index (χ0n) is 18.9. The number of hydrogen-bond acceptors (Lipinski definition) is 5. The van der Waals surface area contributed by atoms with Crippen molar-refractivity contribution >= 4 is 33.0 Å². The van der Waals surface area contributed by atoms with Gasteiger partial charge < -0.3 is 14.5 Å². The van der Waals surface area contributed by atoms with E-state index < -0.39 is 0 Å². The van der Waals surface area contributed by atoms with E-state index in [1.165, 1.54) is 27.7 Å². The highest BCUT2D eigenvalue weighted by Crippen LogP contribution is 2.30. The first kappa shape index (κ1) is 19.4. The zero-order chi connectivity index (χ0) is 22.6. The van der Waals surface area contributed by atoms with E-state index in [1.54, 1.807) is 0 Å². The van der Waals surface area contributed by atoms with E-state index in [1.807, 2.05) is 24.8 Å². The number of rotatable bonds is 3. The Morgan fingerprint density at radius 3 is 2.94 bits per heavy atom. The first-order chi connectivity index (χ1) is 16.7.